The van der Waals surface area contributed by atoms with E-state index in [1.807, 2.05) is 6.20 Å². The lowest BCUT2D eigenvalue weighted by Crippen LogP contribution is -2.46. The van der Waals surface area contributed by atoms with Gasteiger partial charge < -0.3 is 25.6 Å². The van der Waals surface area contributed by atoms with Crippen molar-refractivity contribution in [2.75, 3.05) is 46.1 Å². The fourth-order valence-corrected chi connectivity index (χ4v) is 7.19. The maximum absolute atomic E-state index is 14.7. The highest BCUT2D eigenvalue weighted by Crippen LogP contribution is 2.48. The summed E-state index contributed by atoms with van der Waals surface area (Å²) in [5.74, 6) is 0.817. The molecule has 37 heavy (non-hydrogen) atoms. The molecule has 2 aromatic rings. The standard InChI is InChI=1S/C26H27ClFN7OS/c1-12-13(9-34(2)3)4-5-35(12)26-32-7-15-16-10-36-11-17(16)19(21(27)22(15)33-26)23-20-14(6-29)25(30)37-24(20)18(28)8-31-23/h7-8,12-13,22H,4-5,9-11,30H2,1-3H3,(H,32,33). The summed E-state index contributed by atoms with van der Waals surface area (Å²) in [6, 6.07) is 2.01. The van der Waals surface area contributed by atoms with Crippen LogP contribution in [0.3, 0.4) is 0 Å². The number of guanidine groups is 1. The number of likely N-dealkylation sites (tertiary alicyclic amines) is 1. The Balaban J connectivity index is 1.47. The average molecular weight is 540 g/mol. The number of rotatable bonds is 3. The number of thiophene rings is 1. The molecule has 192 valence electrons. The first-order valence-corrected chi connectivity index (χ1v) is 13.4. The van der Waals surface area contributed by atoms with Crippen LogP contribution in [0.5, 0.6) is 0 Å². The minimum absolute atomic E-state index is 0.216. The van der Waals surface area contributed by atoms with Gasteiger partial charge in [-0.05, 0) is 44.5 Å². The van der Waals surface area contributed by atoms with Crippen LogP contribution in [-0.2, 0) is 4.74 Å². The number of hydrogen-bond donors (Lipinski definition) is 2. The number of nitrogens with one attached hydrogen (secondary N) is 1. The third-order valence-electron chi connectivity index (χ3n) is 7.72. The van der Waals surface area contributed by atoms with Gasteiger partial charge in [-0.3, -0.25) is 4.98 Å². The normalized spacial score (nSPS) is 25.3. The smallest absolute Gasteiger partial charge is 0.199 e. The molecular weight excluding hydrogens is 513 g/mol. The van der Waals surface area contributed by atoms with E-state index < -0.39 is 11.9 Å². The summed E-state index contributed by atoms with van der Waals surface area (Å²) in [5.41, 5.74) is 10.3. The summed E-state index contributed by atoms with van der Waals surface area (Å²) in [7, 11) is 4.20. The zero-order valence-corrected chi connectivity index (χ0v) is 22.4. The highest BCUT2D eigenvalue weighted by molar-refractivity contribution is 7.23. The summed E-state index contributed by atoms with van der Waals surface area (Å²) >= 11 is 8.20. The SMILES string of the molecule is CC1C(CN(C)C)CCN1C1=NC2C(=CN1)C1=C(COC1)C(c1ncc(F)c3sc(N)c(C#N)c13)=C2Cl. The van der Waals surface area contributed by atoms with Crippen molar-refractivity contribution in [2.24, 2.45) is 10.9 Å². The van der Waals surface area contributed by atoms with Gasteiger partial charge in [-0.2, -0.15) is 5.26 Å². The van der Waals surface area contributed by atoms with Gasteiger partial charge in [0.1, 0.15) is 17.1 Å². The average Bonchev–Trinajstić information content (AvgIpc) is 3.58. The van der Waals surface area contributed by atoms with Gasteiger partial charge >= 0.3 is 0 Å². The first kappa shape index (κ1) is 24.4. The largest absolute Gasteiger partial charge is 0.389 e. The number of nitrogens with two attached hydrogens (primary N) is 1. The predicted molar refractivity (Wildman–Crippen MR) is 145 cm³/mol. The van der Waals surface area contributed by atoms with E-state index in [1.165, 1.54) is 6.20 Å². The minimum Gasteiger partial charge on any atom is -0.389 e. The quantitative estimate of drug-likeness (QED) is 0.613. The molecule has 1 saturated heterocycles. The molecule has 1 aliphatic carbocycles. The van der Waals surface area contributed by atoms with Crippen molar-refractivity contribution >= 4 is 49.6 Å². The molecule has 3 aliphatic heterocycles. The molecule has 0 amide bonds. The van der Waals surface area contributed by atoms with Gasteiger partial charge in [0.05, 0.1) is 40.4 Å². The molecule has 0 bridgehead atoms. The molecule has 0 spiro atoms. The number of hydrogen-bond acceptors (Lipinski definition) is 9. The van der Waals surface area contributed by atoms with E-state index >= 15 is 0 Å². The number of aliphatic imine (C=N–C) groups is 1. The summed E-state index contributed by atoms with van der Waals surface area (Å²) in [5, 5.41) is 14.4. The number of aromatic nitrogens is 1. The summed E-state index contributed by atoms with van der Waals surface area (Å²) < 4.78 is 20.9. The van der Waals surface area contributed by atoms with E-state index in [4.69, 9.17) is 27.1 Å². The Morgan fingerprint density at radius 3 is 2.92 bits per heavy atom. The first-order valence-electron chi connectivity index (χ1n) is 12.2. The van der Waals surface area contributed by atoms with Crippen LogP contribution < -0.4 is 11.1 Å². The van der Waals surface area contributed by atoms with E-state index in [1.54, 1.807) is 0 Å². The summed E-state index contributed by atoms with van der Waals surface area (Å²) in [6.45, 7) is 4.93. The van der Waals surface area contributed by atoms with Gasteiger partial charge in [0.2, 0.25) is 0 Å². The molecule has 2 aromatic heterocycles. The molecule has 6 rings (SSSR count). The lowest BCUT2D eigenvalue weighted by molar-refractivity contribution is 0.207. The monoisotopic (exact) mass is 539 g/mol. The second kappa shape index (κ2) is 9.10. The molecule has 0 radical (unpaired) electrons. The minimum atomic E-state index is -0.514. The Kier molecular flexibility index (Phi) is 5.99. The Bertz CT molecular complexity index is 1480. The van der Waals surface area contributed by atoms with Gasteiger partial charge in [-0.1, -0.05) is 11.6 Å². The van der Waals surface area contributed by atoms with E-state index in [9.17, 15) is 9.65 Å². The van der Waals surface area contributed by atoms with E-state index in [2.05, 4.69) is 47.2 Å². The van der Waals surface area contributed by atoms with Gasteiger partial charge in [0.15, 0.2) is 11.8 Å². The van der Waals surface area contributed by atoms with E-state index in [0.29, 0.717) is 51.6 Å². The maximum atomic E-state index is 14.7. The Morgan fingerprint density at radius 1 is 1.38 bits per heavy atom. The summed E-state index contributed by atoms with van der Waals surface area (Å²) in [4.78, 5) is 14.1. The van der Waals surface area contributed by atoms with Crippen LogP contribution >= 0.6 is 22.9 Å². The van der Waals surface area contributed by atoms with Crippen LogP contribution in [0.2, 0.25) is 0 Å². The van der Waals surface area contributed by atoms with Crippen molar-refractivity contribution in [3.63, 3.8) is 0 Å². The number of fused-ring (bicyclic) bond motifs is 3. The van der Waals surface area contributed by atoms with Crippen molar-refractivity contribution in [2.45, 2.75) is 25.4 Å². The number of halogens is 2. The highest BCUT2D eigenvalue weighted by Gasteiger charge is 2.41. The van der Waals surface area contributed by atoms with Crippen molar-refractivity contribution in [3.05, 3.63) is 51.2 Å². The van der Waals surface area contributed by atoms with Crippen LogP contribution in [0.25, 0.3) is 15.7 Å². The van der Waals surface area contributed by atoms with Crippen LogP contribution in [-0.4, -0.2) is 73.2 Å². The van der Waals surface area contributed by atoms with E-state index in [0.717, 1.165) is 53.5 Å². The Morgan fingerprint density at radius 2 is 2.16 bits per heavy atom. The second-order valence-electron chi connectivity index (χ2n) is 10.1. The highest BCUT2D eigenvalue weighted by atomic mass is 35.5. The third-order valence-corrected chi connectivity index (χ3v) is 9.14. The van der Waals surface area contributed by atoms with Crippen LogP contribution in [0.15, 0.2) is 39.1 Å². The molecule has 0 saturated carbocycles. The van der Waals surface area contributed by atoms with Gasteiger partial charge in [-0.15, -0.1) is 11.3 Å². The molecule has 3 N–H and O–H groups in total. The van der Waals surface area contributed by atoms with Crippen molar-refractivity contribution < 1.29 is 9.13 Å². The number of ether oxygens (including phenoxy) is 1. The maximum Gasteiger partial charge on any atom is 0.199 e. The lowest BCUT2D eigenvalue weighted by Gasteiger charge is -2.34. The molecule has 3 unspecified atom stereocenters. The van der Waals surface area contributed by atoms with Gasteiger partial charge in [-0.25, -0.2) is 9.38 Å². The van der Waals surface area contributed by atoms with Gasteiger partial charge in [0, 0.05) is 41.9 Å². The number of anilines is 1. The zero-order valence-electron chi connectivity index (χ0n) is 20.8. The molecule has 4 aliphatic rings. The van der Waals surface area contributed by atoms with Crippen molar-refractivity contribution in [1.29, 1.82) is 5.26 Å². The Labute approximate surface area is 223 Å². The fourth-order valence-electron chi connectivity index (χ4n) is 5.90. The second-order valence-corrected chi connectivity index (χ2v) is 11.6. The van der Waals surface area contributed by atoms with Gasteiger partial charge in [0.25, 0.3) is 0 Å². The molecule has 1 fully saturated rings. The van der Waals surface area contributed by atoms with Crippen LogP contribution in [0.4, 0.5) is 9.39 Å². The lowest BCUT2D eigenvalue weighted by atomic mass is 9.83. The van der Waals surface area contributed by atoms with E-state index in [-0.39, 0.29) is 10.6 Å². The molecular formula is C26H27ClFN7OS. The number of nitrogen functional groups attached to an aromatic ring is 1. The van der Waals surface area contributed by atoms with Crippen molar-refractivity contribution in [1.82, 2.24) is 20.1 Å². The van der Waals surface area contributed by atoms with Crippen LogP contribution in [0, 0.1) is 23.1 Å². The van der Waals surface area contributed by atoms with Crippen molar-refractivity contribution in [3.8, 4) is 6.07 Å². The van der Waals surface area contributed by atoms with Crippen LogP contribution in [0.1, 0.15) is 24.6 Å². The Hall–Kier alpha value is -2.97. The fraction of sp³-hybridized carbons (Fsp3) is 0.423. The molecule has 0 aromatic carbocycles. The predicted octanol–water partition coefficient (Wildman–Crippen LogP) is 3.66. The molecule has 3 atom stereocenters. The number of pyridine rings is 1. The topological polar surface area (TPSA) is 103 Å². The summed E-state index contributed by atoms with van der Waals surface area (Å²) in [6.07, 6.45) is 4.24. The molecule has 8 nitrogen and oxygen atoms in total. The molecule has 5 heterocycles. The first-order chi connectivity index (χ1) is 17.8. The number of nitrogens with zero attached hydrogens (tertiary/aromatic N) is 5. The zero-order chi connectivity index (χ0) is 26.0. The third kappa shape index (κ3) is 3.76. The molecule has 11 heteroatoms. The number of nitriles is 1.